The van der Waals surface area contributed by atoms with E-state index in [-0.39, 0.29) is 10.6 Å². The Kier molecular flexibility index (Phi) is 8.10. The number of ether oxygens (including phenoxy) is 2. The first-order valence-corrected chi connectivity index (χ1v) is 13.3. The van der Waals surface area contributed by atoms with Crippen molar-refractivity contribution in [1.82, 2.24) is 4.90 Å². The maximum atomic E-state index is 13.2. The molecule has 3 heterocycles. The summed E-state index contributed by atoms with van der Waals surface area (Å²) in [5, 5.41) is 13.6. The second-order valence-corrected chi connectivity index (χ2v) is 10.0. The van der Waals surface area contributed by atoms with Crippen molar-refractivity contribution in [3.8, 4) is 0 Å². The fraction of sp³-hybridized carbons (Fsp3) is 0.346. The fourth-order valence-corrected chi connectivity index (χ4v) is 5.46. The molecule has 39 heavy (non-hydrogen) atoms. The molecule has 2 aromatic rings. The lowest BCUT2D eigenvalue weighted by Crippen LogP contribution is -2.38. The number of benzene rings is 2. The predicted molar refractivity (Wildman–Crippen MR) is 147 cm³/mol. The molecular formula is C26H27N5O7S. The van der Waals surface area contributed by atoms with Crippen LogP contribution in [0.1, 0.15) is 5.56 Å². The van der Waals surface area contributed by atoms with Gasteiger partial charge in [0.15, 0.2) is 0 Å². The molecule has 0 aromatic heterocycles. The molecule has 0 aliphatic carbocycles. The maximum Gasteiger partial charge on any atom is 0.294 e. The van der Waals surface area contributed by atoms with E-state index in [0.29, 0.717) is 81.3 Å². The number of anilines is 3. The molecule has 5 rings (SSSR count). The third-order valence-corrected chi connectivity index (χ3v) is 7.47. The van der Waals surface area contributed by atoms with E-state index >= 15 is 0 Å². The Morgan fingerprint density at radius 1 is 0.974 bits per heavy atom. The molecule has 3 aliphatic heterocycles. The molecule has 0 atom stereocenters. The molecule has 3 amide bonds. The van der Waals surface area contributed by atoms with Gasteiger partial charge in [-0.2, -0.15) is 0 Å². The molecular weight excluding hydrogens is 526 g/mol. The van der Waals surface area contributed by atoms with E-state index in [2.05, 4.69) is 10.2 Å². The van der Waals surface area contributed by atoms with Crippen molar-refractivity contribution in [1.29, 1.82) is 0 Å². The molecule has 0 radical (unpaired) electrons. The third kappa shape index (κ3) is 6.05. The Labute approximate surface area is 228 Å². The average molecular weight is 554 g/mol. The molecule has 3 fully saturated rings. The van der Waals surface area contributed by atoms with E-state index in [1.165, 1.54) is 18.2 Å². The summed E-state index contributed by atoms with van der Waals surface area (Å²) in [4.78, 5) is 54.8. The molecule has 2 aromatic carbocycles. The number of amides is 3. The van der Waals surface area contributed by atoms with Crippen molar-refractivity contribution in [3.05, 3.63) is 63.0 Å². The van der Waals surface area contributed by atoms with Crippen LogP contribution in [0, 0.1) is 10.1 Å². The second-order valence-electron chi connectivity index (χ2n) is 9.03. The number of thioether (sulfide) groups is 1. The lowest BCUT2D eigenvalue weighted by atomic mass is 10.1. The van der Waals surface area contributed by atoms with Crippen LogP contribution in [-0.4, -0.2) is 86.0 Å². The van der Waals surface area contributed by atoms with Gasteiger partial charge in [0.25, 0.3) is 16.8 Å². The number of nitro groups is 1. The van der Waals surface area contributed by atoms with E-state index in [9.17, 15) is 24.5 Å². The van der Waals surface area contributed by atoms with Crippen LogP contribution >= 0.6 is 11.8 Å². The monoisotopic (exact) mass is 553 g/mol. The highest BCUT2D eigenvalue weighted by Gasteiger charge is 2.37. The van der Waals surface area contributed by atoms with E-state index in [0.717, 1.165) is 10.6 Å². The number of hydrogen-bond acceptors (Lipinski definition) is 10. The number of nitrogens with one attached hydrogen (secondary N) is 1. The van der Waals surface area contributed by atoms with Crippen LogP contribution in [0.5, 0.6) is 0 Å². The lowest BCUT2D eigenvalue weighted by Gasteiger charge is -2.30. The van der Waals surface area contributed by atoms with Crippen LogP contribution in [0.2, 0.25) is 0 Å². The van der Waals surface area contributed by atoms with E-state index in [1.807, 2.05) is 17.0 Å². The highest BCUT2D eigenvalue weighted by Crippen LogP contribution is 2.36. The van der Waals surface area contributed by atoms with Crippen molar-refractivity contribution in [2.75, 3.05) is 74.3 Å². The maximum absolute atomic E-state index is 13.2. The van der Waals surface area contributed by atoms with Crippen molar-refractivity contribution in [3.63, 3.8) is 0 Å². The first-order chi connectivity index (χ1) is 18.9. The Bertz CT molecular complexity index is 1320. The smallest absolute Gasteiger partial charge is 0.294 e. The number of imide groups is 1. The van der Waals surface area contributed by atoms with Crippen LogP contribution in [0.4, 0.5) is 27.5 Å². The van der Waals surface area contributed by atoms with Crippen LogP contribution in [-0.2, 0) is 19.1 Å². The Morgan fingerprint density at radius 2 is 1.62 bits per heavy atom. The average Bonchev–Trinajstić information content (AvgIpc) is 3.21. The number of nitrogens with zero attached hydrogens (tertiary/aromatic N) is 4. The largest absolute Gasteiger partial charge is 0.378 e. The number of morpholine rings is 2. The fourth-order valence-electron chi connectivity index (χ4n) is 4.63. The van der Waals surface area contributed by atoms with Crippen LogP contribution in [0.25, 0.3) is 6.08 Å². The molecule has 0 saturated carbocycles. The molecule has 1 N–H and O–H groups in total. The summed E-state index contributed by atoms with van der Waals surface area (Å²) in [6, 6.07) is 11.8. The summed E-state index contributed by atoms with van der Waals surface area (Å²) in [6.45, 7) is 4.29. The van der Waals surface area contributed by atoms with Gasteiger partial charge in [0.05, 0.1) is 47.6 Å². The van der Waals surface area contributed by atoms with Gasteiger partial charge in [-0.15, -0.1) is 0 Å². The normalized spacial score (nSPS) is 19.1. The quantitative estimate of drug-likeness (QED) is 0.310. The zero-order valence-electron chi connectivity index (χ0n) is 21.0. The van der Waals surface area contributed by atoms with Crippen molar-refractivity contribution in [2.45, 2.75) is 0 Å². The van der Waals surface area contributed by atoms with Crippen molar-refractivity contribution in [2.24, 2.45) is 0 Å². The highest BCUT2D eigenvalue weighted by molar-refractivity contribution is 8.18. The number of nitro benzene ring substituents is 1. The topological polar surface area (TPSA) is 135 Å². The minimum Gasteiger partial charge on any atom is -0.378 e. The zero-order chi connectivity index (χ0) is 27.4. The SMILES string of the molecule is O=C(CN1C(=O)S/C(=C\c2cc([N+](=O)[O-])ccc2N2CCOCC2)C1=O)Nc1ccccc1N1CCOCC1. The Morgan fingerprint density at radius 3 is 2.28 bits per heavy atom. The van der Waals surface area contributed by atoms with Gasteiger partial charge in [0.1, 0.15) is 6.54 Å². The second kappa shape index (κ2) is 11.8. The summed E-state index contributed by atoms with van der Waals surface area (Å²) in [6.07, 6.45) is 1.48. The van der Waals surface area contributed by atoms with E-state index in [1.54, 1.807) is 18.2 Å². The molecule has 3 aliphatic rings. The highest BCUT2D eigenvalue weighted by atomic mass is 32.2. The molecule has 3 saturated heterocycles. The minimum absolute atomic E-state index is 0.0940. The molecule has 0 bridgehead atoms. The zero-order valence-corrected chi connectivity index (χ0v) is 21.9. The van der Waals surface area contributed by atoms with E-state index in [4.69, 9.17) is 9.47 Å². The molecule has 0 spiro atoms. The third-order valence-electron chi connectivity index (χ3n) is 6.57. The number of non-ortho nitro benzene ring substituents is 1. The van der Waals surface area contributed by atoms with Crippen LogP contribution in [0.3, 0.4) is 0 Å². The standard InChI is InChI=1S/C26H27N5O7S/c32-24(27-20-3-1-2-4-22(20)29-9-13-38-14-10-29)17-30-25(33)23(39-26(30)34)16-18-15-19(31(35)36)5-6-21(18)28-7-11-37-12-8-28/h1-6,15-16H,7-14,17H2,(H,27,32)/b23-16-. The van der Waals surface area contributed by atoms with Crippen LogP contribution < -0.4 is 15.1 Å². The lowest BCUT2D eigenvalue weighted by molar-refractivity contribution is -0.384. The van der Waals surface area contributed by atoms with Crippen molar-refractivity contribution >= 4 is 57.6 Å². The molecule has 204 valence electrons. The van der Waals surface area contributed by atoms with Crippen molar-refractivity contribution < 1.29 is 28.8 Å². The summed E-state index contributed by atoms with van der Waals surface area (Å²) in [7, 11) is 0. The van der Waals surface area contributed by atoms with Gasteiger partial charge in [-0.05, 0) is 36.0 Å². The number of rotatable bonds is 7. The minimum atomic E-state index is -0.624. The first-order valence-electron chi connectivity index (χ1n) is 12.5. The van der Waals surface area contributed by atoms with Gasteiger partial charge in [0.2, 0.25) is 5.91 Å². The van der Waals surface area contributed by atoms with E-state index < -0.39 is 28.5 Å². The number of carbonyl (C=O) groups excluding carboxylic acids is 3. The number of para-hydroxylation sites is 2. The van der Waals surface area contributed by atoms with Gasteiger partial charge >= 0.3 is 0 Å². The first kappa shape index (κ1) is 26.7. The number of carbonyl (C=O) groups is 3. The number of hydrogen-bond donors (Lipinski definition) is 1. The predicted octanol–water partition coefficient (Wildman–Crippen LogP) is 2.94. The molecule has 0 unspecified atom stereocenters. The summed E-state index contributed by atoms with van der Waals surface area (Å²) in [5.41, 5.74) is 2.44. The van der Waals surface area contributed by atoms with Gasteiger partial charge in [-0.1, -0.05) is 12.1 Å². The summed E-state index contributed by atoms with van der Waals surface area (Å²) in [5.74, 6) is -1.13. The van der Waals surface area contributed by atoms with Gasteiger partial charge in [0, 0.05) is 49.6 Å². The summed E-state index contributed by atoms with van der Waals surface area (Å²) < 4.78 is 10.8. The van der Waals surface area contributed by atoms with Gasteiger partial charge in [-0.3, -0.25) is 29.4 Å². The molecule has 12 nitrogen and oxygen atoms in total. The Hall–Kier alpha value is -3.94. The Balaban J connectivity index is 1.33. The van der Waals surface area contributed by atoms with Gasteiger partial charge in [-0.25, -0.2) is 0 Å². The van der Waals surface area contributed by atoms with Gasteiger partial charge < -0.3 is 24.6 Å². The summed E-state index contributed by atoms with van der Waals surface area (Å²) >= 11 is 0.704. The molecule has 13 heteroatoms. The van der Waals surface area contributed by atoms with Crippen LogP contribution in [0.15, 0.2) is 47.4 Å².